The molecule has 2 aliphatic heterocycles. The molecular weight excluding hydrogens is 272 g/mol. The summed E-state index contributed by atoms with van der Waals surface area (Å²) in [6.07, 6.45) is 0.954. The molecule has 6 nitrogen and oxygen atoms in total. The highest BCUT2D eigenvalue weighted by molar-refractivity contribution is 6.32. The predicted octanol–water partition coefficient (Wildman–Crippen LogP) is 0.357. The van der Waals surface area contributed by atoms with Gasteiger partial charge in [-0.2, -0.15) is 0 Å². The van der Waals surface area contributed by atoms with Crippen LogP contribution in [0.2, 0.25) is 0 Å². The van der Waals surface area contributed by atoms with Crippen LogP contribution in [0, 0.1) is 5.92 Å². The minimum atomic E-state index is -0.789. The molecule has 1 aromatic rings. The topological polar surface area (TPSA) is 68.6 Å². The van der Waals surface area contributed by atoms with E-state index in [9.17, 15) is 14.4 Å². The SMILES string of the molecule is CCOC(=O)C(=O)N1C[C@H]2C[C@@H](C1)c1cccc(=O)n1C2. The van der Waals surface area contributed by atoms with Crippen LogP contribution >= 0.6 is 0 Å². The zero-order valence-corrected chi connectivity index (χ0v) is 11.9. The Labute approximate surface area is 122 Å². The Hall–Kier alpha value is -2.11. The van der Waals surface area contributed by atoms with E-state index in [-0.39, 0.29) is 24.0 Å². The lowest BCUT2D eigenvalue weighted by Crippen LogP contribution is -2.51. The fourth-order valence-electron chi connectivity index (χ4n) is 3.38. The maximum absolute atomic E-state index is 12.1. The van der Waals surface area contributed by atoms with Crippen molar-refractivity contribution in [2.45, 2.75) is 25.8 Å². The van der Waals surface area contributed by atoms with Gasteiger partial charge in [0.1, 0.15) is 0 Å². The van der Waals surface area contributed by atoms with Gasteiger partial charge in [-0.3, -0.25) is 9.59 Å². The average Bonchev–Trinajstić information content (AvgIpc) is 2.48. The Morgan fingerprint density at radius 2 is 2.10 bits per heavy atom. The first-order valence-electron chi connectivity index (χ1n) is 7.26. The zero-order chi connectivity index (χ0) is 15.0. The van der Waals surface area contributed by atoms with E-state index >= 15 is 0 Å². The summed E-state index contributed by atoms with van der Waals surface area (Å²) in [5.74, 6) is -1.03. The molecule has 0 saturated carbocycles. The number of hydrogen-bond acceptors (Lipinski definition) is 4. The number of esters is 1. The van der Waals surface area contributed by atoms with Crippen LogP contribution in [-0.4, -0.2) is 41.0 Å². The van der Waals surface area contributed by atoms with Gasteiger partial charge in [0, 0.05) is 37.3 Å². The highest BCUT2D eigenvalue weighted by Gasteiger charge is 2.38. The van der Waals surface area contributed by atoms with Crippen molar-refractivity contribution in [1.82, 2.24) is 9.47 Å². The number of carbonyl (C=O) groups is 2. The summed E-state index contributed by atoms with van der Waals surface area (Å²) >= 11 is 0. The van der Waals surface area contributed by atoms with Crippen molar-refractivity contribution < 1.29 is 14.3 Å². The first-order chi connectivity index (χ1) is 10.1. The van der Waals surface area contributed by atoms with Crippen molar-refractivity contribution in [1.29, 1.82) is 0 Å². The summed E-state index contributed by atoms with van der Waals surface area (Å²) in [7, 11) is 0. The molecule has 1 amide bonds. The van der Waals surface area contributed by atoms with E-state index in [0.717, 1.165) is 12.1 Å². The van der Waals surface area contributed by atoms with Crippen molar-refractivity contribution in [2.75, 3.05) is 19.7 Å². The number of piperidine rings is 1. The zero-order valence-electron chi connectivity index (χ0n) is 11.9. The lowest BCUT2D eigenvalue weighted by Gasteiger charge is -2.42. The molecule has 0 aromatic carbocycles. The van der Waals surface area contributed by atoms with Gasteiger partial charge < -0.3 is 14.2 Å². The van der Waals surface area contributed by atoms with Gasteiger partial charge in [-0.1, -0.05) is 6.07 Å². The van der Waals surface area contributed by atoms with Gasteiger partial charge >= 0.3 is 11.9 Å². The van der Waals surface area contributed by atoms with Crippen LogP contribution in [0.3, 0.4) is 0 Å². The second kappa shape index (κ2) is 5.35. The van der Waals surface area contributed by atoms with E-state index in [1.807, 2.05) is 6.07 Å². The van der Waals surface area contributed by atoms with Crippen LogP contribution in [0.4, 0.5) is 0 Å². The number of rotatable bonds is 1. The Kier molecular flexibility index (Phi) is 3.53. The second-order valence-electron chi connectivity index (χ2n) is 5.63. The van der Waals surface area contributed by atoms with Gasteiger partial charge in [-0.25, -0.2) is 4.79 Å². The minimum Gasteiger partial charge on any atom is -0.459 e. The van der Waals surface area contributed by atoms with E-state index < -0.39 is 11.9 Å². The molecule has 2 atom stereocenters. The summed E-state index contributed by atoms with van der Waals surface area (Å²) in [6.45, 7) is 3.47. The highest BCUT2D eigenvalue weighted by atomic mass is 16.5. The third kappa shape index (κ3) is 2.46. The molecule has 1 fully saturated rings. The quantitative estimate of drug-likeness (QED) is 0.553. The standard InChI is InChI=1S/C15H18N2O4/c1-2-21-15(20)14(19)16-7-10-6-11(9-16)12-4-3-5-13(18)17(12)8-10/h3-5,10-11H,2,6-9H2,1H3/t10-,11+/m1/s1. The molecule has 0 radical (unpaired) electrons. The summed E-state index contributed by atoms with van der Waals surface area (Å²) < 4.78 is 6.58. The molecule has 2 aliphatic rings. The molecule has 1 saturated heterocycles. The fourth-order valence-corrected chi connectivity index (χ4v) is 3.38. The lowest BCUT2D eigenvalue weighted by atomic mass is 9.83. The smallest absolute Gasteiger partial charge is 0.397 e. The molecule has 0 spiro atoms. The molecule has 0 aliphatic carbocycles. The van der Waals surface area contributed by atoms with E-state index in [1.165, 1.54) is 0 Å². The largest absolute Gasteiger partial charge is 0.459 e. The number of amides is 1. The number of aromatic nitrogens is 1. The fraction of sp³-hybridized carbons (Fsp3) is 0.533. The Balaban J connectivity index is 1.83. The van der Waals surface area contributed by atoms with Crippen LogP contribution in [-0.2, 0) is 20.9 Å². The van der Waals surface area contributed by atoms with E-state index in [0.29, 0.717) is 19.6 Å². The van der Waals surface area contributed by atoms with Crippen molar-refractivity contribution in [3.05, 3.63) is 34.2 Å². The van der Waals surface area contributed by atoms with Gasteiger partial charge in [0.25, 0.3) is 5.56 Å². The molecule has 3 heterocycles. The van der Waals surface area contributed by atoms with Crippen LogP contribution < -0.4 is 5.56 Å². The van der Waals surface area contributed by atoms with Gasteiger partial charge in [-0.15, -0.1) is 0 Å². The molecular formula is C15H18N2O4. The predicted molar refractivity (Wildman–Crippen MR) is 74.8 cm³/mol. The molecule has 0 N–H and O–H groups in total. The van der Waals surface area contributed by atoms with Gasteiger partial charge in [0.15, 0.2) is 0 Å². The number of ether oxygens (including phenoxy) is 1. The normalized spacial score (nSPS) is 23.4. The van der Waals surface area contributed by atoms with Crippen molar-refractivity contribution in [3.8, 4) is 0 Å². The Morgan fingerprint density at radius 1 is 1.29 bits per heavy atom. The van der Waals surface area contributed by atoms with Crippen molar-refractivity contribution in [3.63, 3.8) is 0 Å². The monoisotopic (exact) mass is 290 g/mol. The van der Waals surface area contributed by atoms with Crippen molar-refractivity contribution >= 4 is 11.9 Å². The summed E-state index contributed by atoms with van der Waals surface area (Å²) in [5, 5.41) is 0. The molecule has 21 heavy (non-hydrogen) atoms. The number of likely N-dealkylation sites (tertiary alicyclic amines) is 1. The van der Waals surface area contributed by atoms with Gasteiger partial charge in [-0.05, 0) is 25.3 Å². The summed E-state index contributed by atoms with van der Waals surface area (Å²) in [4.78, 5) is 37.2. The third-order valence-electron chi connectivity index (χ3n) is 4.22. The first kappa shape index (κ1) is 13.9. The first-order valence-corrected chi connectivity index (χ1v) is 7.26. The van der Waals surface area contributed by atoms with Gasteiger partial charge in [0.2, 0.25) is 0 Å². The van der Waals surface area contributed by atoms with Crippen LogP contribution in [0.15, 0.2) is 23.0 Å². The Morgan fingerprint density at radius 3 is 2.86 bits per heavy atom. The minimum absolute atomic E-state index is 0.00682. The van der Waals surface area contributed by atoms with Gasteiger partial charge in [0.05, 0.1) is 6.61 Å². The average molecular weight is 290 g/mol. The maximum Gasteiger partial charge on any atom is 0.397 e. The van der Waals surface area contributed by atoms with Crippen molar-refractivity contribution in [2.24, 2.45) is 5.92 Å². The second-order valence-corrected chi connectivity index (χ2v) is 5.63. The molecule has 0 unspecified atom stereocenters. The lowest BCUT2D eigenvalue weighted by molar-refractivity contribution is -0.161. The molecule has 112 valence electrons. The number of carbonyl (C=O) groups excluding carboxylic acids is 2. The number of fused-ring (bicyclic) bond motifs is 4. The van der Waals surface area contributed by atoms with Crippen LogP contribution in [0.1, 0.15) is 25.0 Å². The molecule has 1 aromatic heterocycles. The number of pyridine rings is 1. The summed E-state index contributed by atoms with van der Waals surface area (Å²) in [5.41, 5.74) is 0.965. The van der Waals surface area contributed by atoms with E-state index in [2.05, 4.69) is 0 Å². The summed E-state index contributed by atoms with van der Waals surface area (Å²) in [6, 6.07) is 5.24. The number of hydrogen-bond donors (Lipinski definition) is 0. The molecule has 3 rings (SSSR count). The maximum atomic E-state index is 12.1. The van der Waals surface area contributed by atoms with E-state index in [1.54, 1.807) is 28.5 Å². The van der Waals surface area contributed by atoms with Crippen LogP contribution in [0.25, 0.3) is 0 Å². The van der Waals surface area contributed by atoms with E-state index in [4.69, 9.17) is 4.74 Å². The third-order valence-corrected chi connectivity index (χ3v) is 4.22. The number of nitrogens with zero attached hydrogens (tertiary/aromatic N) is 2. The Bertz CT molecular complexity index is 637. The molecule has 2 bridgehead atoms. The van der Waals surface area contributed by atoms with Crippen LogP contribution in [0.5, 0.6) is 0 Å². The highest BCUT2D eigenvalue weighted by Crippen LogP contribution is 2.34. The molecule has 6 heteroatoms.